The predicted octanol–water partition coefficient (Wildman–Crippen LogP) is 5.47. The Morgan fingerprint density at radius 2 is 1.46 bits per heavy atom. The van der Waals surface area contributed by atoms with Crippen molar-refractivity contribution in [1.82, 2.24) is 10.2 Å². The SMILES string of the molecule is CC(C)CNC(=O)[C@H](Cc1ccccc1)N(Cc1ccccc1)C(=O)CSCc1ccc(F)cc1. The van der Waals surface area contributed by atoms with Gasteiger partial charge in [0.25, 0.3) is 0 Å². The van der Waals surface area contributed by atoms with E-state index in [2.05, 4.69) is 5.32 Å². The Bertz CT molecular complexity index is 1060. The number of halogens is 1. The third-order valence-corrected chi connectivity index (χ3v) is 6.55. The van der Waals surface area contributed by atoms with Crippen molar-refractivity contribution in [3.05, 3.63) is 107 Å². The van der Waals surface area contributed by atoms with Gasteiger partial charge in [0.2, 0.25) is 11.8 Å². The van der Waals surface area contributed by atoms with E-state index >= 15 is 0 Å². The second-order valence-electron chi connectivity index (χ2n) is 8.97. The van der Waals surface area contributed by atoms with Crippen LogP contribution in [-0.4, -0.2) is 35.1 Å². The normalized spacial score (nSPS) is 11.8. The highest BCUT2D eigenvalue weighted by molar-refractivity contribution is 7.99. The molecule has 0 aliphatic carbocycles. The maximum absolute atomic E-state index is 13.5. The Labute approximate surface area is 211 Å². The molecule has 35 heavy (non-hydrogen) atoms. The molecule has 3 aromatic rings. The molecule has 0 radical (unpaired) electrons. The Morgan fingerprint density at radius 1 is 0.857 bits per heavy atom. The van der Waals surface area contributed by atoms with Gasteiger partial charge in [0.1, 0.15) is 11.9 Å². The number of hydrogen-bond donors (Lipinski definition) is 1. The van der Waals surface area contributed by atoms with Crippen LogP contribution in [0, 0.1) is 11.7 Å². The molecule has 0 saturated carbocycles. The lowest BCUT2D eigenvalue weighted by Crippen LogP contribution is -2.51. The Morgan fingerprint density at radius 3 is 2.06 bits per heavy atom. The summed E-state index contributed by atoms with van der Waals surface area (Å²) in [6.45, 7) is 5.00. The van der Waals surface area contributed by atoms with E-state index in [1.165, 1.54) is 23.9 Å². The molecule has 1 atom stereocenters. The summed E-state index contributed by atoms with van der Waals surface area (Å²) in [5.74, 6) is 0.610. The van der Waals surface area contributed by atoms with Gasteiger partial charge in [-0.25, -0.2) is 4.39 Å². The molecular formula is C29H33FN2O2S. The summed E-state index contributed by atoms with van der Waals surface area (Å²) in [6.07, 6.45) is 0.436. The van der Waals surface area contributed by atoms with Crippen molar-refractivity contribution in [1.29, 1.82) is 0 Å². The average Bonchev–Trinajstić information content (AvgIpc) is 2.87. The molecule has 0 saturated heterocycles. The first kappa shape index (κ1) is 26.5. The summed E-state index contributed by atoms with van der Waals surface area (Å²) in [4.78, 5) is 28.6. The molecule has 0 fully saturated rings. The number of hydrogen-bond acceptors (Lipinski definition) is 3. The van der Waals surface area contributed by atoms with Crippen molar-refractivity contribution < 1.29 is 14.0 Å². The van der Waals surface area contributed by atoms with E-state index in [9.17, 15) is 14.0 Å². The molecular weight excluding hydrogens is 459 g/mol. The Hall–Kier alpha value is -3.12. The molecule has 0 unspecified atom stereocenters. The molecule has 0 spiro atoms. The van der Waals surface area contributed by atoms with Gasteiger partial charge in [0, 0.05) is 25.3 Å². The van der Waals surface area contributed by atoms with Crippen LogP contribution < -0.4 is 5.32 Å². The molecule has 2 amide bonds. The van der Waals surface area contributed by atoms with E-state index in [0.29, 0.717) is 31.2 Å². The monoisotopic (exact) mass is 492 g/mol. The first-order valence-corrected chi connectivity index (χ1v) is 13.0. The van der Waals surface area contributed by atoms with E-state index in [4.69, 9.17) is 0 Å². The van der Waals surface area contributed by atoms with Crippen LogP contribution in [0.25, 0.3) is 0 Å². The van der Waals surface area contributed by atoms with Gasteiger partial charge in [-0.15, -0.1) is 11.8 Å². The summed E-state index contributed by atoms with van der Waals surface area (Å²) < 4.78 is 13.2. The summed E-state index contributed by atoms with van der Waals surface area (Å²) >= 11 is 1.47. The summed E-state index contributed by atoms with van der Waals surface area (Å²) in [5, 5.41) is 3.04. The minimum Gasteiger partial charge on any atom is -0.354 e. The quantitative estimate of drug-likeness (QED) is 0.365. The third kappa shape index (κ3) is 8.87. The molecule has 0 aliphatic rings. The van der Waals surface area contributed by atoms with Crippen LogP contribution in [0.4, 0.5) is 4.39 Å². The maximum Gasteiger partial charge on any atom is 0.243 e. The third-order valence-electron chi connectivity index (χ3n) is 5.56. The van der Waals surface area contributed by atoms with E-state index in [0.717, 1.165) is 16.7 Å². The zero-order chi connectivity index (χ0) is 25.0. The molecule has 0 aliphatic heterocycles. The second-order valence-corrected chi connectivity index (χ2v) is 9.96. The highest BCUT2D eigenvalue weighted by Gasteiger charge is 2.30. The van der Waals surface area contributed by atoms with Crippen LogP contribution >= 0.6 is 11.8 Å². The standard InChI is InChI=1S/C29H33FN2O2S/c1-22(2)18-31-29(34)27(17-23-9-5-3-6-10-23)32(19-24-11-7-4-8-12-24)28(33)21-35-20-25-13-15-26(30)16-14-25/h3-16,22,27H,17-21H2,1-2H3,(H,31,34)/t27-/m0/s1. The minimum atomic E-state index is -0.629. The molecule has 3 aromatic carbocycles. The molecule has 0 aromatic heterocycles. The van der Waals surface area contributed by atoms with Gasteiger partial charge in [-0.05, 0) is 34.7 Å². The predicted molar refractivity (Wildman–Crippen MR) is 141 cm³/mol. The van der Waals surface area contributed by atoms with Crippen molar-refractivity contribution in [2.24, 2.45) is 5.92 Å². The van der Waals surface area contributed by atoms with Gasteiger partial charge in [-0.3, -0.25) is 9.59 Å². The highest BCUT2D eigenvalue weighted by atomic mass is 32.2. The van der Waals surface area contributed by atoms with E-state index in [1.807, 2.05) is 74.5 Å². The zero-order valence-electron chi connectivity index (χ0n) is 20.3. The van der Waals surface area contributed by atoms with Gasteiger partial charge in [0.15, 0.2) is 0 Å². The highest BCUT2D eigenvalue weighted by Crippen LogP contribution is 2.19. The van der Waals surface area contributed by atoms with Crippen LogP contribution in [0.5, 0.6) is 0 Å². The molecule has 1 N–H and O–H groups in total. The minimum absolute atomic E-state index is 0.0957. The Balaban J connectivity index is 1.80. The summed E-state index contributed by atoms with van der Waals surface area (Å²) in [7, 11) is 0. The topological polar surface area (TPSA) is 49.4 Å². The average molecular weight is 493 g/mol. The first-order chi connectivity index (χ1) is 16.9. The van der Waals surface area contributed by atoms with Crippen molar-refractivity contribution in [2.75, 3.05) is 12.3 Å². The van der Waals surface area contributed by atoms with Crippen LogP contribution in [0.2, 0.25) is 0 Å². The maximum atomic E-state index is 13.5. The fourth-order valence-corrected chi connectivity index (χ4v) is 4.55. The molecule has 0 bridgehead atoms. The smallest absolute Gasteiger partial charge is 0.243 e. The molecule has 4 nitrogen and oxygen atoms in total. The van der Waals surface area contributed by atoms with Crippen molar-refractivity contribution in [3.8, 4) is 0 Å². The number of rotatable bonds is 12. The van der Waals surface area contributed by atoms with Crippen molar-refractivity contribution in [3.63, 3.8) is 0 Å². The number of thioether (sulfide) groups is 1. The van der Waals surface area contributed by atoms with Crippen LogP contribution in [-0.2, 0) is 28.3 Å². The van der Waals surface area contributed by atoms with Gasteiger partial charge in [-0.2, -0.15) is 0 Å². The van der Waals surface area contributed by atoms with E-state index in [-0.39, 0.29) is 23.4 Å². The van der Waals surface area contributed by atoms with Gasteiger partial charge in [-0.1, -0.05) is 86.6 Å². The number of nitrogens with zero attached hydrogens (tertiary/aromatic N) is 1. The molecule has 3 rings (SSSR count). The van der Waals surface area contributed by atoms with Gasteiger partial charge in [0.05, 0.1) is 5.75 Å². The molecule has 0 heterocycles. The number of benzene rings is 3. The van der Waals surface area contributed by atoms with Crippen LogP contribution in [0.1, 0.15) is 30.5 Å². The van der Waals surface area contributed by atoms with E-state index in [1.54, 1.807) is 17.0 Å². The Kier molecular flexibility index (Phi) is 10.4. The molecule has 6 heteroatoms. The number of amides is 2. The largest absolute Gasteiger partial charge is 0.354 e. The van der Waals surface area contributed by atoms with Crippen molar-refractivity contribution in [2.45, 2.75) is 38.6 Å². The summed E-state index contributed by atoms with van der Waals surface area (Å²) in [6, 6.07) is 25.2. The fourth-order valence-electron chi connectivity index (χ4n) is 3.68. The zero-order valence-corrected chi connectivity index (χ0v) is 21.1. The summed E-state index contributed by atoms with van der Waals surface area (Å²) in [5.41, 5.74) is 2.93. The van der Waals surface area contributed by atoms with Crippen LogP contribution in [0.3, 0.4) is 0 Å². The number of carbonyl (C=O) groups is 2. The van der Waals surface area contributed by atoms with Gasteiger partial charge >= 0.3 is 0 Å². The fraction of sp³-hybridized carbons (Fsp3) is 0.310. The van der Waals surface area contributed by atoms with E-state index < -0.39 is 6.04 Å². The lowest BCUT2D eigenvalue weighted by molar-refractivity contribution is -0.139. The lowest BCUT2D eigenvalue weighted by atomic mass is 10.0. The van der Waals surface area contributed by atoms with Crippen LogP contribution in [0.15, 0.2) is 84.9 Å². The number of nitrogens with one attached hydrogen (secondary N) is 1. The molecule has 184 valence electrons. The number of carbonyl (C=O) groups excluding carboxylic acids is 2. The lowest BCUT2D eigenvalue weighted by Gasteiger charge is -2.31. The van der Waals surface area contributed by atoms with Crippen molar-refractivity contribution >= 4 is 23.6 Å². The van der Waals surface area contributed by atoms with Gasteiger partial charge < -0.3 is 10.2 Å². The second kappa shape index (κ2) is 13.7. The first-order valence-electron chi connectivity index (χ1n) is 11.9.